The van der Waals surface area contributed by atoms with Crippen LogP contribution in [0.25, 0.3) is 32.1 Å². The van der Waals surface area contributed by atoms with E-state index < -0.39 is 0 Å². The lowest BCUT2D eigenvalue weighted by Crippen LogP contribution is -2.12. The van der Waals surface area contributed by atoms with Gasteiger partial charge < -0.3 is 0 Å². The molecule has 0 saturated carbocycles. The highest BCUT2D eigenvalue weighted by Crippen LogP contribution is 2.39. The van der Waals surface area contributed by atoms with Crippen LogP contribution in [0.3, 0.4) is 0 Å². The third-order valence-corrected chi connectivity index (χ3v) is 5.75. The van der Waals surface area contributed by atoms with Gasteiger partial charge in [0.15, 0.2) is 0 Å². The third-order valence-electron chi connectivity index (χ3n) is 4.65. The zero-order chi connectivity index (χ0) is 17.8. The number of hydrogen-bond donors (Lipinski definition) is 0. The average molecular weight is 349 g/mol. The number of pyridine rings is 1. The quantitative estimate of drug-likeness (QED) is 0.366. The van der Waals surface area contributed by atoms with Gasteiger partial charge in [-0.3, -0.25) is 4.98 Å². The number of thiophene rings is 1. The molecule has 0 atom stereocenters. The van der Waals surface area contributed by atoms with Gasteiger partial charge in [-0.2, -0.15) is 0 Å². The van der Waals surface area contributed by atoms with E-state index in [0.29, 0.717) is 10.3 Å². The molecule has 0 spiro atoms. The summed E-state index contributed by atoms with van der Waals surface area (Å²) >= 11 is 1.48. The number of nitrogens with zero attached hydrogens (tertiary/aromatic N) is 1. The van der Waals surface area contributed by atoms with E-state index in [2.05, 4.69) is 62.2 Å². The minimum Gasteiger partial charge on any atom is -0.255 e. The fraction of sp³-hybridized carbons (Fsp3) is 0.227. The van der Waals surface area contributed by atoms with E-state index in [1.165, 1.54) is 27.7 Å². The number of aromatic nitrogens is 1. The van der Waals surface area contributed by atoms with E-state index >= 15 is 0 Å². The predicted octanol–water partition coefficient (Wildman–Crippen LogP) is 6.86. The Morgan fingerprint density at radius 3 is 2.52 bits per heavy atom. The molecular weight excluding hydrogens is 329 g/mol. The molecule has 0 aliphatic carbocycles. The largest absolute Gasteiger partial charge is 0.255 e. The Labute approximate surface area is 151 Å². The molecular formula is C22H20FNS. The van der Waals surface area contributed by atoms with Crippen LogP contribution in [0.5, 0.6) is 0 Å². The smallest absolute Gasteiger partial charge is 0.144 e. The number of hydrogen-bond acceptors (Lipinski definition) is 2. The molecule has 0 fully saturated rings. The molecule has 0 N–H and O–H groups in total. The molecule has 0 saturated heterocycles. The van der Waals surface area contributed by atoms with Gasteiger partial charge in [-0.25, -0.2) is 4.39 Å². The normalized spacial score (nSPS) is 12.2. The summed E-state index contributed by atoms with van der Waals surface area (Å²) < 4.78 is 15.3. The standard InChI is InChI=1S/C22H20FNS/c1-13-19(23)17-9-10-24-20(21(17)25-13)15-11-14-7-5-6-8-16(14)18(12-15)22(2,3)4/h5-12H,1-4H3. The molecule has 2 aromatic heterocycles. The van der Waals surface area contributed by atoms with Gasteiger partial charge in [-0.05, 0) is 46.9 Å². The van der Waals surface area contributed by atoms with Crippen LogP contribution >= 0.6 is 11.3 Å². The Morgan fingerprint density at radius 2 is 1.76 bits per heavy atom. The van der Waals surface area contributed by atoms with Crippen molar-refractivity contribution in [2.24, 2.45) is 0 Å². The number of fused-ring (bicyclic) bond motifs is 2. The fourth-order valence-electron chi connectivity index (χ4n) is 3.39. The summed E-state index contributed by atoms with van der Waals surface area (Å²) in [5.41, 5.74) is 3.22. The van der Waals surface area contributed by atoms with Crippen LogP contribution in [-0.2, 0) is 5.41 Å². The van der Waals surface area contributed by atoms with E-state index in [0.717, 1.165) is 16.0 Å². The number of aryl methyl sites for hydroxylation is 1. The highest BCUT2D eigenvalue weighted by atomic mass is 32.1. The van der Waals surface area contributed by atoms with Crippen LogP contribution < -0.4 is 0 Å². The lowest BCUT2D eigenvalue weighted by atomic mass is 9.82. The molecule has 126 valence electrons. The van der Waals surface area contributed by atoms with Crippen LogP contribution in [0.1, 0.15) is 31.2 Å². The Hall–Kier alpha value is -2.26. The Bertz CT molecular complexity index is 1100. The molecule has 3 heteroatoms. The van der Waals surface area contributed by atoms with Gasteiger partial charge >= 0.3 is 0 Å². The first-order chi connectivity index (χ1) is 11.9. The summed E-state index contributed by atoms with van der Waals surface area (Å²) in [6, 6.07) is 14.6. The summed E-state index contributed by atoms with van der Waals surface area (Å²) in [5.74, 6) is -0.125. The van der Waals surface area contributed by atoms with Crippen LogP contribution in [0.2, 0.25) is 0 Å². The maximum Gasteiger partial charge on any atom is 0.144 e. The number of rotatable bonds is 1. The predicted molar refractivity (Wildman–Crippen MR) is 106 cm³/mol. The summed E-state index contributed by atoms with van der Waals surface area (Å²) in [6.07, 6.45) is 1.71. The Balaban J connectivity index is 2.07. The lowest BCUT2D eigenvalue weighted by Gasteiger charge is -2.22. The van der Waals surface area contributed by atoms with Crippen molar-refractivity contribution in [3.8, 4) is 11.3 Å². The lowest BCUT2D eigenvalue weighted by molar-refractivity contribution is 0.596. The molecule has 0 bridgehead atoms. The van der Waals surface area contributed by atoms with Gasteiger partial charge in [0.05, 0.1) is 10.4 Å². The molecule has 0 unspecified atom stereocenters. The van der Waals surface area contributed by atoms with Crippen molar-refractivity contribution in [2.75, 3.05) is 0 Å². The highest BCUT2D eigenvalue weighted by molar-refractivity contribution is 7.19. The second-order valence-corrected chi connectivity index (χ2v) is 8.73. The van der Waals surface area contributed by atoms with Crippen molar-refractivity contribution in [1.29, 1.82) is 0 Å². The van der Waals surface area contributed by atoms with E-state index in [4.69, 9.17) is 0 Å². The Kier molecular flexibility index (Phi) is 3.66. The highest BCUT2D eigenvalue weighted by Gasteiger charge is 2.20. The van der Waals surface area contributed by atoms with Gasteiger partial charge in [-0.1, -0.05) is 45.0 Å². The first-order valence-corrected chi connectivity index (χ1v) is 9.25. The molecule has 0 radical (unpaired) electrons. The van der Waals surface area contributed by atoms with Crippen LogP contribution in [0.4, 0.5) is 4.39 Å². The zero-order valence-electron chi connectivity index (χ0n) is 14.9. The molecule has 1 nitrogen and oxygen atoms in total. The molecule has 2 aromatic carbocycles. The van der Waals surface area contributed by atoms with Crippen LogP contribution in [-0.4, -0.2) is 4.98 Å². The van der Waals surface area contributed by atoms with Crippen molar-refractivity contribution in [2.45, 2.75) is 33.1 Å². The molecule has 4 aromatic rings. The van der Waals surface area contributed by atoms with Gasteiger partial charge in [0.2, 0.25) is 0 Å². The molecule has 0 aliphatic rings. The molecule has 25 heavy (non-hydrogen) atoms. The zero-order valence-corrected chi connectivity index (χ0v) is 15.7. The maximum absolute atomic E-state index is 14.4. The van der Waals surface area contributed by atoms with Gasteiger partial charge in [-0.15, -0.1) is 11.3 Å². The van der Waals surface area contributed by atoms with E-state index in [1.807, 2.05) is 6.92 Å². The van der Waals surface area contributed by atoms with Crippen molar-refractivity contribution >= 4 is 32.2 Å². The van der Waals surface area contributed by atoms with Gasteiger partial charge in [0, 0.05) is 22.0 Å². The number of halogens is 1. The second kappa shape index (κ2) is 5.63. The summed E-state index contributed by atoms with van der Waals surface area (Å²) in [6.45, 7) is 8.50. The van der Waals surface area contributed by atoms with E-state index in [1.54, 1.807) is 12.3 Å². The van der Waals surface area contributed by atoms with Crippen molar-refractivity contribution in [3.05, 3.63) is 64.9 Å². The van der Waals surface area contributed by atoms with Gasteiger partial charge in [0.1, 0.15) is 5.82 Å². The SMILES string of the molecule is Cc1sc2c(-c3cc(C(C)(C)C)c4ccccc4c3)nccc2c1F. The van der Waals surface area contributed by atoms with E-state index in [-0.39, 0.29) is 11.2 Å². The maximum atomic E-state index is 14.4. The first kappa shape index (κ1) is 16.2. The topological polar surface area (TPSA) is 12.9 Å². The molecule has 0 amide bonds. The monoisotopic (exact) mass is 349 g/mol. The third kappa shape index (κ3) is 2.63. The fourth-order valence-corrected chi connectivity index (χ4v) is 4.43. The van der Waals surface area contributed by atoms with Crippen LogP contribution in [0.15, 0.2) is 48.7 Å². The second-order valence-electron chi connectivity index (χ2n) is 7.50. The average Bonchev–Trinajstić information content (AvgIpc) is 2.88. The summed E-state index contributed by atoms with van der Waals surface area (Å²) in [4.78, 5) is 5.31. The summed E-state index contributed by atoms with van der Waals surface area (Å²) in [5, 5.41) is 3.12. The number of benzene rings is 2. The minimum atomic E-state index is -0.125. The molecule has 2 heterocycles. The van der Waals surface area contributed by atoms with Crippen molar-refractivity contribution in [1.82, 2.24) is 4.98 Å². The van der Waals surface area contributed by atoms with Crippen molar-refractivity contribution < 1.29 is 4.39 Å². The minimum absolute atomic E-state index is 0.0140. The van der Waals surface area contributed by atoms with Crippen molar-refractivity contribution in [3.63, 3.8) is 0 Å². The Morgan fingerprint density at radius 1 is 1.00 bits per heavy atom. The first-order valence-electron chi connectivity index (χ1n) is 8.43. The van der Waals surface area contributed by atoms with Crippen LogP contribution in [0, 0.1) is 12.7 Å². The summed E-state index contributed by atoms with van der Waals surface area (Å²) in [7, 11) is 0. The van der Waals surface area contributed by atoms with Gasteiger partial charge in [0.25, 0.3) is 0 Å². The molecule has 0 aliphatic heterocycles. The molecule has 4 rings (SSSR count). The van der Waals surface area contributed by atoms with E-state index in [9.17, 15) is 4.39 Å².